The van der Waals surface area contributed by atoms with Gasteiger partial charge < -0.3 is 10.4 Å². The van der Waals surface area contributed by atoms with Crippen molar-refractivity contribution in [2.45, 2.75) is 32.3 Å². The molecule has 1 aromatic rings. The van der Waals surface area contributed by atoms with Gasteiger partial charge in [-0.15, -0.1) is 0 Å². The van der Waals surface area contributed by atoms with Crippen LogP contribution in [-0.4, -0.2) is 28.6 Å². The second kappa shape index (κ2) is 7.48. The van der Waals surface area contributed by atoms with Crippen LogP contribution in [0.3, 0.4) is 0 Å². The Labute approximate surface area is 111 Å². The van der Waals surface area contributed by atoms with E-state index in [9.17, 15) is 20.0 Å². The summed E-state index contributed by atoms with van der Waals surface area (Å²) in [5.41, 5.74) is 0.307. The second-order valence-corrected chi connectivity index (χ2v) is 4.31. The molecule has 0 radical (unpaired) electrons. The minimum atomic E-state index is -0.570. The zero-order valence-corrected chi connectivity index (χ0v) is 10.8. The van der Waals surface area contributed by atoms with Gasteiger partial charge in [-0.3, -0.25) is 14.9 Å². The van der Waals surface area contributed by atoms with Crippen molar-refractivity contribution in [2.24, 2.45) is 0 Å². The molecule has 0 aromatic heterocycles. The van der Waals surface area contributed by atoms with E-state index in [1.54, 1.807) is 18.2 Å². The van der Waals surface area contributed by atoms with Gasteiger partial charge >= 0.3 is 0 Å². The molecule has 0 heterocycles. The summed E-state index contributed by atoms with van der Waals surface area (Å²) in [6.07, 6.45) is 0.822. The molecule has 1 unspecified atom stereocenters. The molecule has 1 atom stereocenters. The Morgan fingerprint density at radius 2 is 2.16 bits per heavy atom. The highest BCUT2D eigenvalue weighted by molar-refractivity contribution is 5.79. The fourth-order valence-electron chi connectivity index (χ4n) is 1.74. The molecule has 19 heavy (non-hydrogen) atoms. The number of aliphatic hydroxyl groups excluding tert-OH is 1. The number of para-hydroxylation sites is 1. The first-order valence-electron chi connectivity index (χ1n) is 6.21. The first-order valence-corrected chi connectivity index (χ1v) is 6.21. The number of nitrogens with one attached hydrogen (secondary N) is 1. The number of nitro groups is 1. The predicted octanol–water partition coefficient (Wildman–Crippen LogP) is 1.41. The van der Waals surface area contributed by atoms with E-state index in [4.69, 9.17) is 0 Å². The number of carbonyl (C=O) groups excluding carboxylic acids is 1. The Kier molecular flexibility index (Phi) is 5.95. The fourth-order valence-corrected chi connectivity index (χ4v) is 1.74. The summed E-state index contributed by atoms with van der Waals surface area (Å²) in [5.74, 6) is -0.329. The van der Waals surface area contributed by atoms with Crippen LogP contribution in [0.25, 0.3) is 0 Å². The van der Waals surface area contributed by atoms with Gasteiger partial charge in [0.2, 0.25) is 5.91 Å². The maximum absolute atomic E-state index is 11.7. The van der Waals surface area contributed by atoms with Crippen molar-refractivity contribution >= 4 is 11.6 Å². The number of nitro benzene ring substituents is 1. The van der Waals surface area contributed by atoms with Gasteiger partial charge in [0, 0.05) is 18.2 Å². The third-order valence-corrected chi connectivity index (χ3v) is 2.70. The highest BCUT2D eigenvalue weighted by Crippen LogP contribution is 2.17. The Morgan fingerprint density at radius 1 is 1.47 bits per heavy atom. The van der Waals surface area contributed by atoms with Crippen LogP contribution < -0.4 is 5.32 Å². The zero-order chi connectivity index (χ0) is 14.3. The van der Waals surface area contributed by atoms with Crippen LogP contribution in [0.4, 0.5) is 5.69 Å². The number of hydrogen-bond acceptors (Lipinski definition) is 4. The molecule has 1 aromatic carbocycles. The van der Waals surface area contributed by atoms with Gasteiger partial charge in [-0.1, -0.05) is 31.5 Å². The number of benzene rings is 1. The Morgan fingerprint density at radius 3 is 2.79 bits per heavy atom. The van der Waals surface area contributed by atoms with Crippen LogP contribution in [0.2, 0.25) is 0 Å². The summed E-state index contributed by atoms with van der Waals surface area (Å²) in [5, 5.41) is 22.8. The van der Waals surface area contributed by atoms with Crippen LogP contribution in [-0.2, 0) is 11.2 Å². The van der Waals surface area contributed by atoms with E-state index in [-0.39, 0.29) is 24.6 Å². The van der Waals surface area contributed by atoms with Gasteiger partial charge in [0.1, 0.15) is 0 Å². The minimum Gasteiger partial charge on any atom is -0.391 e. The lowest BCUT2D eigenvalue weighted by molar-refractivity contribution is -0.385. The third kappa shape index (κ3) is 5.05. The van der Waals surface area contributed by atoms with Crippen LogP contribution >= 0.6 is 0 Å². The maximum Gasteiger partial charge on any atom is 0.273 e. The van der Waals surface area contributed by atoms with Crippen molar-refractivity contribution < 1.29 is 14.8 Å². The number of hydrogen-bond donors (Lipinski definition) is 2. The molecule has 104 valence electrons. The summed E-state index contributed by atoms with van der Waals surface area (Å²) in [4.78, 5) is 21.9. The average Bonchev–Trinajstić information content (AvgIpc) is 2.37. The van der Waals surface area contributed by atoms with Crippen LogP contribution in [0.15, 0.2) is 24.3 Å². The molecule has 0 aliphatic rings. The van der Waals surface area contributed by atoms with E-state index in [2.05, 4.69) is 5.32 Å². The molecule has 1 rings (SSSR count). The molecule has 0 bridgehead atoms. The Balaban J connectivity index is 2.55. The molecular formula is C13H18N2O4. The molecule has 2 N–H and O–H groups in total. The molecule has 6 heteroatoms. The number of aliphatic hydroxyl groups is 1. The molecule has 0 fully saturated rings. The van der Waals surface area contributed by atoms with Gasteiger partial charge in [-0.2, -0.15) is 0 Å². The highest BCUT2D eigenvalue weighted by atomic mass is 16.6. The smallest absolute Gasteiger partial charge is 0.273 e. The quantitative estimate of drug-likeness (QED) is 0.576. The van der Waals surface area contributed by atoms with Gasteiger partial charge in [0.25, 0.3) is 5.69 Å². The lowest BCUT2D eigenvalue weighted by Crippen LogP contribution is -2.33. The number of carbonyl (C=O) groups is 1. The van der Waals surface area contributed by atoms with E-state index < -0.39 is 11.0 Å². The summed E-state index contributed by atoms with van der Waals surface area (Å²) >= 11 is 0. The van der Waals surface area contributed by atoms with E-state index in [0.717, 1.165) is 6.42 Å². The van der Waals surface area contributed by atoms with Crippen LogP contribution in [0.5, 0.6) is 0 Å². The standard InChI is InChI=1S/C13H18N2O4/c1-2-5-11(16)9-14-13(17)8-10-6-3-4-7-12(10)15(18)19/h3-4,6-7,11,16H,2,5,8-9H2,1H3,(H,14,17). The van der Waals surface area contributed by atoms with Crippen LogP contribution in [0, 0.1) is 10.1 Å². The summed E-state index contributed by atoms with van der Waals surface area (Å²) in [6, 6.07) is 6.14. The van der Waals surface area contributed by atoms with E-state index in [0.29, 0.717) is 12.0 Å². The predicted molar refractivity (Wildman–Crippen MR) is 70.7 cm³/mol. The molecule has 1 amide bonds. The highest BCUT2D eigenvalue weighted by Gasteiger charge is 2.15. The van der Waals surface area contributed by atoms with Gasteiger partial charge in [0.05, 0.1) is 17.4 Å². The van der Waals surface area contributed by atoms with Crippen molar-refractivity contribution in [3.63, 3.8) is 0 Å². The molecule has 0 spiro atoms. The first-order chi connectivity index (χ1) is 9.04. The zero-order valence-electron chi connectivity index (χ0n) is 10.8. The monoisotopic (exact) mass is 266 g/mol. The van der Waals surface area contributed by atoms with Gasteiger partial charge in [-0.25, -0.2) is 0 Å². The number of nitrogens with zero attached hydrogens (tertiary/aromatic N) is 1. The lowest BCUT2D eigenvalue weighted by atomic mass is 10.1. The minimum absolute atomic E-state index is 0.0595. The summed E-state index contributed by atoms with van der Waals surface area (Å²) < 4.78 is 0. The summed E-state index contributed by atoms with van der Waals surface area (Å²) in [6.45, 7) is 2.12. The molecule has 6 nitrogen and oxygen atoms in total. The van der Waals surface area contributed by atoms with Crippen molar-refractivity contribution in [3.8, 4) is 0 Å². The average molecular weight is 266 g/mol. The Bertz CT molecular complexity index is 448. The molecule has 0 saturated carbocycles. The normalized spacial score (nSPS) is 11.9. The van der Waals surface area contributed by atoms with Crippen LogP contribution in [0.1, 0.15) is 25.3 Å². The number of amides is 1. The molecular weight excluding hydrogens is 248 g/mol. The van der Waals surface area contributed by atoms with Crippen molar-refractivity contribution in [1.29, 1.82) is 0 Å². The third-order valence-electron chi connectivity index (χ3n) is 2.70. The lowest BCUT2D eigenvalue weighted by Gasteiger charge is -2.10. The summed E-state index contributed by atoms with van der Waals surface area (Å²) in [7, 11) is 0. The van der Waals surface area contributed by atoms with Gasteiger partial charge in [0.15, 0.2) is 0 Å². The van der Waals surface area contributed by atoms with E-state index in [1.807, 2.05) is 6.92 Å². The molecule has 0 aliphatic heterocycles. The molecule has 0 aliphatic carbocycles. The first kappa shape index (κ1) is 15.1. The SMILES string of the molecule is CCCC(O)CNC(=O)Cc1ccccc1[N+](=O)[O-]. The maximum atomic E-state index is 11.7. The van der Waals surface area contributed by atoms with Crippen molar-refractivity contribution in [3.05, 3.63) is 39.9 Å². The molecule has 0 saturated heterocycles. The van der Waals surface area contributed by atoms with Gasteiger partial charge in [-0.05, 0) is 6.42 Å². The van der Waals surface area contributed by atoms with E-state index in [1.165, 1.54) is 6.07 Å². The topological polar surface area (TPSA) is 92.5 Å². The van der Waals surface area contributed by atoms with Crippen molar-refractivity contribution in [2.75, 3.05) is 6.54 Å². The number of rotatable bonds is 7. The fraction of sp³-hybridized carbons (Fsp3) is 0.462. The second-order valence-electron chi connectivity index (χ2n) is 4.31. The largest absolute Gasteiger partial charge is 0.391 e. The Hall–Kier alpha value is -1.95. The van der Waals surface area contributed by atoms with Crippen molar-refractivity contribution in [1.82, 2.24) is 5.32 Å². The van der Waals surface area contributed by atoms with E-state index >= 15 is 0 Å².